The lowest BCUT2D eigenvalue weighted by atomic mass is 10.3. The second-order valence-electron chi connectivity index (χ2n) is 3.58. The number of nitrogens with one attached hydrogen (secondary N) is 1. The van der Waals surface area contributed by atoms with Crippen LogP contribution in [-0.4, -0.2) is 30.9 Å². The molecule has 0 bridgehead atoms. The van der Waals surface area contributed by atoms with Crippen LogP contribution in [0.3, 0.4) is 0 Å². The number of nitrogens with zero attached hydrogens (tertiary/aromatic N) is 1. The van der Waals surface area contributed by atoms with Crippen molar-refractivity contribution in [3.8, 4) is 0 Å². The summed E-state index contributed by atoms with van der Waals surface area (Å²) in [6.07, 6.45) is -4.27. The molecule has 2 aromatic rings. The Morgan fingerprint density at radius 3 is 2.78 bits per heavy atom. The zero-order valence-corrected chi connectivity index (χ0v) is 10.1. The summed E-state index contributed by atoms with van der Waals surface area (Å²) in [5.41, 5.74) is 0.876. The predicted octanol–water partition coefficient (Wildman–Crippen LogP) is 3.29. The standard InChI is InChI=1S/C11H11F3N2OS/c12-11(13,14)7-17-6-5-15-10-16-8-3-1-2-4-9(8)18-10/h1-4H,5-7H2,(H,15,16). The molecule has 2 rings (SSSR count). The molecule has 0 unspecified atom stereocenters. The van der Waals surface area contributed by atoms with Gasteiger partial charge in [0.1, 0.15) is 6.61 Å². The van der Waals surface area contributed by atoms with E-state index >= 15 is 0 Å². The molecule has 3 nitrogen and oxygen atoms in total. The second-order valence-corrected chi connectivity index (χ2v) is 4.61. The molecule has 1 aromatic heterocycles. The quantitative estimate of drug-likeness (QED) is 0.851. The molecule has 98 valence electrons. The van der Waals surface area contributed by atoms with Gasteiger partial charge >= 0.3 is 6.18 Å². The summed E-state index contributed by atoms with van der Waals surface area (Å²) in [6, 6.07) is 7.63. The molecule has 18 heavy (non-hydrogen) atoms. The Bertz CT molecular complexity index is 479. The molecule has 7 heteroatoms. The minimum atomic E-state index is -4.27. The summed E-state index contributed by atoms with van der Waals surface area (Å²) < 4.78 is 40.9. The molecule has 0 saturated heterocycles. The highest BCUT2D eigenvalue weighted by Gasteiger charge is 2.27. The van der Waals surface area contributed by atoms with E-state index in [1.54, 1.807) is 0 Å². The van der Waals surface area contributed by atoms with Crippen molar-refractivity contribution in [2.24, 2.45) is 0 Å². The molecule has 0 saturated carbocycles. The number of anilines is 1. The predicted molar refractivity (Wildman–Crippen MR) is 65.0 cm³/mol. The van der Waals surface area contributed by atoms with E-state index < -0.39 is 12.8 Å². The van der Waals surface area contributed by atoms with E-state index in [1.165, 1.54) is 11.3 Å². The highest BCUT2D eigenvalue weighted by Crippen LogP contribution is 2.25. The molecule has 0 fully saturated rings. The van der Waals surface area contributed by atoms with Crippen LogP contribution in [0, 0.1) is 0 Å². The van der Waals surface area contributed by atoms with E-state index in [1.807, 2.05) is 24.3 Å². The van der Waals surface area contributed by atoms with Crippen LogP contribution < -0.4 is 5.32 Å². The van der Waals surface area contributed by atoms with Gasteiger partial charge in [0.25, 0.3) is 0 Å². The molecular formula is C11H11F3N2OS. The smallest absolute Gasteiger partial charge is 0.370 e. The zero-order valence-electron chi connectivity index (χ0n) is 9.33. The summed E-state index contributed by atoms with van der Waals surface area (Å²) in [5.74, 6) is 0. The molecule has 0 spiro atoms. The van der Waals surface area contributed by atoms with Crippen LogP contribution in [0.2, 0.25) is 0 Å². The van der Waals surface area contributed by atoms with Gasteiger partial charge in [0.05, 0.1) is 16.8 Å². The average Bonchev–Trinajstić information content (AvgIpc) is 2.69. The minimum absolute atomic E-state index is 0.00453. The van der Waals surface area contributed by atoms with Gasteiger partial charge in [-0.2, -0.15) is 13.2 Å². The number of halogens is 3. The second kappa shape index (κ2) is 5.53. The van der Waals surface area contributed by atoms with Crippen molar-refractivity contribution in [2.45, 2.75) is 6.18 Å². The Hall–Kier alpha value is -1.34. The maximum absolute atomic E-state index is 11.8. The van der Waals surface area contributed by atoms with Gasteiger partial charge < -0.3 is 10.1 Å². The van der Waals surface area contributed by atoms with E-state index in [4.69, 9.17) is 0 Å². The van der Waals surface area contributed by atoms with Crippen molar-refractivity contribution in [2.75, 3.05) is 25.1 Å². The summed E-state index contributed by atoms with van der Waals surface area (Å²) in [7, 11) is 0. The molecule has 1 heterocycles. The lowest BCUT2D eigenvalue weighted by Crippen LogP contribution is -2.20. The first-order chi connectivity index (χ1) is 8.54. The van der Waals surface area contributed by atoms with Crippen LogP contribution in [0.4, 0.5) is 18.3 Å². The normalized spacial score (nSPS) is 11.9. The Labute approximate surface area is 106 Å². The largest absolute Gasteiger partial charge is 0.411 e. The number of hydrogen-bond acceptors (Lipinski definition) is 4. The van der Waals surface area contributed by atoms with Gasteiger partial charge in [0.15, 0.2) is 5.13 Å². The van der Waals surface area contributed by atoms with Gasteiger partial charge in [0.2, 0.25) is 0 Å². The fourth-order valence-electron chi connectivity index (χ4n) is 1.37. The number of ether oxygens (including phenoxy) is 1. The summed E-state index contributed by atoms with van der Waals surface area (Å²) in [4.78, 5) is 4.29. The number of aromatic nitrogens is 1. The third-order valence-electron chi connectivity index (χ3n) is 2.08. The molecule has 0 aliphatic rings. The van der Waals surface area contributed by atoms with Gasteiger partial charge in [-0.3, -0.25) is 0 Å². The first-order valence-corrected chi connectivity index (χ1v) is 6.10. The first-order valence-electron chi connectivity index (χ1n) is 5.28. The SMILES string of the molecule is FC(F)(F)COCCNc1nc2ccccc2s1. The van der Waals surface area contributed by atoms with E-state index in [2.05, 4.69) is 15.0 Å². The average molecular weight is 276 g/mol. The Balaban J connectivity index is 1.77. The van der Waals surface area contributed by atoms with Crippen LogP contribution in [0.1, 0.15) is 0 Å². The van der Waals surface area contributed by atoms with Crippen molar-refractivity contribution in [1.82, 2.24) is 4.98 Å². The van der Waals surface area contributed by atoms with Crippen molar-refractivity contribution in [3.63, 3.8) is 0 Å². The van der Waals surface area contributed by atoms with Gasteiger partial charge in [-0.15, -0.1) is 0 Å². The lowest BCUT2D eigenvalue weighted by Gasteiger charge is -2.07. The highest BCUT2D eigenvalue weighted by atomic mass is 32.1. The van der Waals surface area contributed by atoms with E-state index in [0.29, 0.717) is 11.7 Å². The molecule has 1 aromatic carbocycles. The number of fused-ring (bicyclic) bond motifs is 1. The van der Waals surface area contributed by atoms with Crippen molar-refractivity contribution < 1.29 is 17.9 Å². The van der Waals surface area contributed by atoms with Gasteiger partial charge in [-0.25, -0.2) is 4.98 Å². The van der Waals surface area contributed by atoms with Crippen LogP contribution in [0.25, 0.3) is 10.2 Å². The topological polar surface area (TPSA) is 34.1 Å². The Morgan fingerprint density at radius 2 is 2.06 bits per heavy atom. The fraction of sp³-hybridized carbons (Fsp3) is 0.364. The third kappa shape index (κ3) is 3.85. The number of alkyl halides is 3. The van der Waals surface area contributed by atoms with Crippen LogP contribution in [0.5, 0.6) is 0 Å². The van der Waals surface area contributed by atoms with Crippen molar-refractivity contribution in [3.05, 3.63) is 24.3 Å². The monoisotopic (exact) mass is 276 g/mol. The van der Waals surface area contributed by atoms with E-state index in [9.17, 15) is 13.2 Å². The van der Waals surface area contributed by atoms with Gasteiger partial charge in [-0.1, -0.05) is 23.5 Å². The number of hydrogen-bond donors (Lipinski definition) is 1. The minimum Gasteiger partial charge on any atom is -0.370 e. The van der Waals surface area contributed by atoms with Crippen molar-refractivity contribution >= 4 is 26.7 Å². The fourth-order valence-corrected chi connectivity index (χ4v) is 2.26. The number of rotatable bonds is 5. The molecular weight excluding hydrogens is 265 g/mol. The highest BCUT2D eigenvalue weighted by molar-refractivity contribution is 7.22. The maximum Gasteiger partial charge on any atom is 0.411 e. The molecule has 0 amide bonds. The molecule has 0 aliphatic heterocycles. The first kappa shape index (κ1) is 13.1. The van der Waals surface area contributed by atoms with Crippen LogP contribution >= 0.6 is 11.3 Å². The van der Waals surface area contributed by atoms with Crippen LogP contribution in [0.15, 0.2) is 24.3 Å². The zero-order chi connectivity index (χ0) is 13.0. The maximum atomic E-state index is 11.8. The molecule has 0 atom stereocenters. The molecule has 1 N–H and O–H groups in total. The molecule has 0 radical (unpaired) electrons. The number of benzene rings is 1. The molecule has 0 aliphatic carbocycles. The number of thiazole rings is 1. The van der Waals surface area contributed by atoms with E-state index in [0.717, 1.165) is 10.2 Å². The number of para-hydroxylation sites is 1. The third-order valence-corrected chi connectivity index (χ3v) is 3.08. The van der Waals surface area contributed by atoms with Crippen LogP contribution in [-0.2, 0) is 4.74 Å². The van der Waals surface area contributed by atoms with Crippen molar-refractivity contribution in [1.29, 1.82) is 0 Å². The Kier molecular flexibility index (Phi) is 4.03. The van der Waals surface area contributed by atoms with Gasteiger partial charge in [-0.05, 0) is 12.1 Å². The summed E-state index contributed by atoms with van der Waals surface area (Å²) >= 11 is 1.46. The van der Waals surface area contributed by atoms with Gasteiger partial charge in [0, 0.05) is 6.54 Å². The summed E-state index contributed by atoms with van der Waals surface area (Å²) in [5, 5.41) is 3.62. The Morgan fingerprint density at radius 1 is 1.28 bits per heavy atom. The lowest BCUT2D eigenvalue weighted by molar-refractivity contribution is -0.172. The van der Waals surface area contributed by atoms with E-state index in [-0.39, 0.29) is 6.61 Å². The summed E-state index contributed by atoms with van der Waals surface area (Å²) in [6.45, 7) is -0.917.